The van der Waals surface area contributed by atoms with E-state index in [0.29, 0.717) is 16.8 Å². The number of aromatic nitrogens is 2. The zero-order valence-corrected chi connectivity index (χ0v) is 15.4. The van der Waals surface area contributed by atoms with Gasteiger partial charge in [0.15, 0.2) is 5.78 Å². The van der Waals surface area contributed by atoms with E-state index in [1.165, 1.54) is 49.7 Å². The fraction of sp³-hybridized carbons (Fsp3) is 0.211. The number of ether oxygens (including phenoxy) is 1. The van der Waals surface area contributed by atoms with Gasteiger partial charge in [0, 0.05) is 26.2 Å². The average molecular weight is 384 g/mol. The summed E-state index contributed by atoms with van der Waals surface area (Å²) in [6, 6.07) is 2.59. The summed E-state index contributed by atoms with van der Waals surface area (Å²) < 4.78 is 18.3. The fourth-order valence-corrected chi connectivity index (χ4v) is 2.87. The number of methoxy groups -OCH3 is 1. The summed E-state index contributed by atoms with van der Waals surface area (Å²) in [7, 11) is 4.29. The van der Waals surface area contributed by atoms with Gasteiger partial charge < -0.3 is 15.0 Å². The van der Waals surface area contributed by atoms with Gasteiger partial charge in [0.2, 0.25) is 5.82 Å². The van der Waals surface area contributed by atoms with Crippen molar-refractivity contribution in [3.8, 4) is 0 Å². The van der Waals surface area contributed by atoms with Crippen molar-refractivity contribution in [2.24, 2.45) is 0 Å². The summed E-state index contributed by atoms with van der Waals surface area (Å²) in [4.78, 5) is 45.6. The van der Waals surface area contributed by atoms with Crippen LogP contribution in [0.2, 0.25) is 0 Å². The number of ketones is 1. The van der Waals surface area contributed by atoms with E-state index in [0.717, 1.165) is 0 Å². The zero-order valence-electron chi connectivity index (χ0n) is 15.4. The van der Waals surface area contributed by atoms with Crippen LogP contribution in [0.25, 0.3) is 6.08 Å². The van der Waals surface area contributed by atoms with Gasteiger partial charge in [-0.05, 0) is 29.3 Å². The molecule has 0 saturated carbocycles. The molecule has 8 nitrogen and oxygen atoms in total. The number of fused-ring (bicyclic) bond motifs is 1. The number of nitrogens with one attached hydrogen (secondary N) is 1. The number of likely N-dealkylation sites (N-methyl/N-ethyl adjacent to an activating group) is 1. The van der Waals surface area contributed by atoms with Gasteiger partial charge in [-0.1, -0.05) is 0 Å². The van der Waals surface area contributed by atoms with E-state index < -0.39 is 17.7 Å². The molecule has 0 fully saturated rings. The second-order valence-electron chi connectivity index (χ2n) is 6.05. The van der Waals surface area contributed by atoms with Crippen molar-refractivity contribution in [3.63, 3.8) is 0 Å². The van der Waals surface area contributed by atoms with Gasteiger partial charge in [-0.25, -0.2) is 19.2 Å². The topological polar surface area (TPSA) is 101 Å². The molecule has 0 atom stereocenters. The first-order chi connectivity index (χ1) is 13.3. The molecule has 3 rings (SSSR count). The number of carbonyl (C=O) groups is 3. The van der Waals surface area contributed by atoms with Crippen LogP contribution < -0.4 is 10.2 Å². The first-order valence-corrected chi connectivity index (χ1v) is 8.29. The van der Waals surface area contributed by atoms with E-state index in [4.69, 9.17) is 0 Å². The minimum Gasteiger partial charge on any atom is -0.463 e. The summed E-state index contributed by atoms with van der Waals surface area (Å²) in [5, 5.41) is 2.86. The number of halogens is 1. The predicted molar refractivity (Wildman–Crippen MR) is 99.4 cm³/mol. The molecule has 0 spiro atoms. The van der Waals surface area contributed by atoms with Gasteiger partial charge in [-0.15, -0.1) is 0 Å². The zero-order chi connectivity index (χ0) is 20.4. The monoisotopic (exact) mass is 384 g/mol. The number of anilines is 2. The minimum absolute atomic E-state index is 0.0189. The van der Waals surface area contributed by atoms with E-state index in [1.807, 2.05) is 0 Å². The normalized spacial score (nSPS) is 12.7. The van der Waals surface area contributed by atoms with Gasteiger partial charge in [-0.2, -0.15) is 0 Å². The lowest BCUT2D eigenvalue weighted by Gasteiger charge is -2.22. The molecule has 1 N–H and O–H groups in total. The quantitative estimate of drug-likeness (QED) is 0.631. The fourth-order valence-electron chi connectivity index (χ4n) is 2.87. The van der Waals surface area contributed by atoms with Gasteiger partial charge in [0.25, 0.3) is 5.91 Å². The van der Waals surface area contributed by atoms with E-state index in [9.17, 15) is 18.8 Å². The van der Waals surface area contributed by atoms with Crippen LogP contribution in [0.4, 0.5) is 15.8 Å². The van der Waals surface area contributed by atoms with Crippen molar-refractivity contribution in [1.29, 1.82) is 0 Å². The number of esters is 1. The number of rotatable bonds is 4. The van der Waals surface area contributed by atoms with E-state index in [2.05, 4.69) is 20.0 Å². The Morgan fingerprint density at radius 1 is 1.25 bits per heavy atom. The summed E-state index contributed by atoms with van der Waals surface area (Å²) in [5.74, 6) is -2.28. The van der Waals surface area contributed by atoms with Crippen LogP contribution in [-0.2, 0) is 20.7 Å². The van der Waals surface area contributed by atoms with Crippen molar-refractivity contribution in [2.75, 3.05) is 31.4 Å². The Morgan fingerprint density at radius 3 is 2.54 bits per heavy atom. The number of Topliss-reactive ketones (excluding diaryl/α,β-unsaturated/α-hetero) is 1. The highest BCUT2D eigenvalue weighted by atomic mass is 19.1. The van der Waals surface area contributed by atoms with Gasteiger partial charge in [-0.3, -0.25) is 9.59 Å². The Bertz CT molecular complexity index is 1000. The van der Waals surface area contributed by atoms with Crippen LogP contribution in [0.1, 0.15) is 21.7 Å². The average Bonchev–Trinajstić information content (AvgIpc) is 2.71. The molecule has 1 aromatic carbocycles. The van der Waals surface area contributed by atoms with Crippen LogP contribution >= 0.6 is 0 Å². The van der Waals surface area contributed by atoms with Crippen LogP contribution in [-0.4, -0.2) is 48.8 Å². The van der Waals surface area contributed by atoms with Gasteiger partial charge >= 0.3 is 5.97 Å². The molecule has 1 aliphatic rings. The Morgan fingerprint density at radius 2 is 1.93 bits per heavy atom. The molecule has 2 aromatic rings. The van der Waals surface area contributed by atoms with Crippen LogP contribution in [0.5, 0.6) is 0 Å². The predicted octanol–water partition coefficient (Wildman–Crippen LogP) is 1.62. The van der Waals surface area contributed by atoms with E-state index >= 15 is 0 Å². The first-order valence-electron chi connectivity index (χ1n) is 8.29. The number of hydrogen-bond acceptors (Lipinski definition) is 7. The maximum atomic E-state index is 13.8. The lowest BCUT2D eigenvalue weighted by Crippen LogP contribution is -2.33. The molecule has 0 radical (unpaired) electrons. The van der Waals surface area contributed by atoms with Crippen LogP contribution in [0.3, 0.4) is 0 Å². The van der Waals surface area contributed by atoms with Crippen LogP contribution in [0, 0.1) is 5.82 Å². The molecule has 1 heterocycles. The van der Waals surface area contributed by atoms with Crippen molar-refractivity contribution < 1.29 is 23.5 Å². The lowest BCUT2D eigenvalue weighted by atomic mass is 9.89. The molecule has 0 unspecified atom stereocenters. The number of amides is 1. The molecule has 1 aliphatic carbocycles. The lowest BCUT2D eigenvalue weighted by molar-refractivity contribution is -0.120. The van der Waals surface area contributed by atoms with Crippen molar-refractivity contribution >= 4 is 35.1 Å². The second-order valence-corrected chi connectivity index (χ2v) is 6.05. The van der Waals surface area contributed by atoms with E-state index in [1.54, 1.807) is 7.05 Å². The Balaban J connectivity index is 1.92. The van der Waals surface area contributed by atoms with Crippen molar-refractivity contribution in [1.82, 2.24) is 9.97 Å². The highest BCUT2D eigenvalue weighted by Crippen LogP contribution is 2.30. The Labute approximate surface area is 160 Å². The molecule has 0 bridgehead atoms. The second kappa shape index (κ2) is 7.55. The van der Waals surface area contributed by atoms with Gasteiger partial charge in [0.05, 0.1) is 30.8 Å². The highest BCUT2D eigenvalue weighted by Gasteiger charge is 2.29. The third kappa shape index (κ3) is 3.46. The molecule has 1 amide bonds. The molecule has 144 valence electrons. The summed E-state index contributed by atoms with van der Waals surface area (Å²) in [5.41, 5.74) is 1.83. The molecule has 9 heteroatoms. The third-order valence-corrected chi connectivity index (χ3v) is 4.38. The summed E-state index contributed by atoms with van der Waals surface area (Å²) >= 11 is 0. The Hall–Kier alpha value is -3.62. The van der Waals surface area contributed by atoms with Crippen molar-refractivity contribution in [3.05, 3.63) is 52.9 Å². The maximum Gasteiger partial charge on any atom is 0.376 e. The minimum atomic E-state index is -0.704. The summed E-state index contributed by atoms with van der Waals surface area (Å²) in [6.07, 6.45) is 3.91. The molecule has 28 heavy (non-hydrogen) atoms. The Kier molecular flexibility index (Phi) is 5.16. The molecule has 0 saturated heterocycles. The molecule has 1 aromatic heterocycles. The molecular weight excluding hydrogens is 367 g/mol. The first kappa shape index (κ1) is 19.2. The smallest absolute Gasteiger partial charge is 0.376 e. The molecular formula is C19H17FN4O4. The van der Waals surface area contributed by atoms with Crippen LogP contribution in [0.15, 0.2) is 30.1 Å². The molecule has 0 aliphatic heterocycles. The third-order valence-electron chi connectivity index (χ3n) is 4.38. The van der Waals surface area contributed by atoms with Crippen molar-refractivity contribution in [2.45, 2.75) is 6.42 Å². The maximum absolute atomic E-state index is 13.8. The number of nitrogens with zero attached hydrogens (tertiary/aromatic N) is 3. The number of carbonyl (C=O) groups excluding carboxylic acids is 3. The highest BCUT2D eigenvalue weighted by molar-refractivity contribution is 6.28. The number of benzene rings is 1. The standard InChI is InChI=1S/C19H17FN4O4/c1-21-15-6-11(20)4-10-5-14(16(25)7-13(10)15)18(26)24(2)12-8-22-17(23-9-12)19(27)28-3/h4-6,8-9,21H,7H2,1-3H3. The van der Waals surface area contributed by atoms with E-state index in [-0.39, 0.29) is 29.3 Å². The number of hydrogen-bond donors (Lipinski definition) is 1. The SMILES string of the molecule is CNc1cc(F)cc2c1CC(=O)C(C(=O)N(C)c1cnc(C(=O)OC)nc1)=C2. The summed E-state index contributed by atoms with van der Waals surface area (Å²) in [6.45, 7) is 0. The van der Waals surface area contributed by atoms with Gasteiger partial charge in [0.1, 0.15) is 5.82 Å². The largest absolute Gasteiger partial charge is 0.463 e.